The third-order valence-electron chi connectivity index (χ3n) is 3.91. The second-order valence-electron chi connectivity index (χ2n) is 5.61. The highest BCUT2D eigenvalue weighted by Crippen LogP contribution is 2.24. The largest absolute Gasteiger partial charge is 0.287 e. The van der Waals surface area contributed by atoms with Gasteiger partial charge >= 0.3 is 0 Å². The van der Waals surface area contributed by atoms with Gasteiger partial charge in [-0.2, -0.15) is 10.2 Å². The molecule has 25 heavy (non-hydrogen) atoms. The molecule has 8 nitrogen and oxygen atoms in total. The molecular formula is C17H18N6O2. The summed E-state index contributed by atoms with van der Waals surface area (Å²) in [7, 11) is 1.85. The van der Waals surface area contributed by atoms with Gasteiger partial charge in [-0.25, -0.2) is 0 Å². The highest BCUT2D eigenvalue weighted by atomic mass is 16.2. The lowest BCUT2D eigenvalue weighted by Crippen LogP contribution is -2.41. The van der Waals surface area contributed by atoms with E-state index in [4.69, 9.17) is 0 Å². The summed E-state index contributed by atoms with van der Waals surface area (Å²) in [6.07, 6.45) is 0. The monoisotopic (exact) mass is 338 g/mol. The zero-order valence-corrected chi connectivity index (χ0v) is 14.1. The van der Waals surface area contributed by atoms with Crippen molar-refractivity contribution in [3.05, 3.63) is 59.0 Å². The number of aryl methyl sites for hydroxylation is 2. The van der Waals surface area contributed by atoms with Crippen molar-refractivity contribution in [3.63, 3.8) is 0 Å². The minimum absolute atomic E-state index is 0.242. The van der Waals surface area contributed by atoms with Crippen molar-refractivity contribution in [1.29, 1.82) is 0 Å². The third kappa shape index (κ3) is 3.27. The van der Waals surface area contributed by atoms with Gasteiger partial charge in [0.05, 0.1) is 11.4 Å². The van der Waals surface area contributed by atoms with Crippen molar-refractivity contribution in [2.45, 2.75) is 13.8 Å². The van der Waals surface area contributed by atoms with E-state index in [-0.39, 0.29) is 5.69 Å². The van der Waals surface area contributed by atoms with E-state index in [1.54, 1.807) is 35.0 Å². The van der Waals surface area contributed by atoms with Crippen LogP contribution in [0.2, 0.25) is 0 Å². The van der Waals surface area contributed by atoms with Gasteiger partial charge in [0, 0.05) is 23.9 Å². The Bertz CT molecular complexity index is 926. The number of hydrazine groups is 1. The van der Waals surface area contributed by atoms with E-state index in [9.17, 15) is 9.59 Å². The molecule has 0 fully saturated rings. The number of aromatic nitrogens is 4. The fourth-order valence-corrected chi connectivity index (χ4v) is 2.55. The first kappa shape index (κ1) is 16.4. The number of hydrogen-bond donors (Lipinski definition) is 3. The van der Waals surface area contributed by atoms with Gasteiger partial charge in [0.25, 0.3) is 11.8 Å². The number of benzene rings is 1. The molecule has 2 heterocycles. The first-order chi connectivity index (χ1) is 12.0. The lowest BCUT2D eigenvalue weighted by atomic mass is 10.1. The molecule has 2 aromatic heterocycles. The molecule has 3 rings (SSSR count). The molecule has 0 unspecified atom stereocenters. The number of nitrogens with one attached hydrogen (secondary N) is 3. The zero-order valence-electron chi connectivity index (χ0n) is 14.1. The van der Waals surface area contributed by atoms with Gasteiger partial charge in [-0.3, -0.25) is 30.2 Å². The van der Waals surface area contributed by atoms with Crippen LogP contribution in [0.4, 0.5) is 0 Å². The smallest absolute Gasteiger partial charge is 0.272 e. The average Bonchev–Trinajstić information content (AvgIpc) is 3.18. The van der Waals surface area contributed by atoms with Gasteiger partial charge in [0.15, 0.2) is 0 Å². The molecule has 0 atom stereocenters. The standard InChI is InChI=1S/C17H18N6O2/c1-10-15(11(2)23(3)22-10)13-9-14(19-18-13)17(25)21-20-16(24)12-7-5-4-6-8-12/h4-9H,1-3H3,(H,18,19)(H,20,24)(H,21,25). The fraction of sp³-hybridized carbons (Fsp3) is 0.176. The van der Waals surface area contributed by atoms with Crippen LogP contribution in [0, 0.1) is 13.8 Å². The lowest BCUT2D eigenvalue weighted by Gasteiger charge is -2.05. The summed E-state index contributed by atoms with van der Waals surface area (Å²) in [5, 5.41) is 11.2. The average molecular weight is 338 g/mol. The van der Waals surface area contributed by atoms with Crippen molar-refractivity contribution in [2.24, 2.45) is 7.05 Å². The summed E-state index contributed by atoms with van der Waals surface area (Å²) < 4.78 is 1.76. The number of H-pyrrole nitrogens is 1. The van der Waals surface area contributed by atoms with Crippen molar-refractivity contribution < 1.29 is 9.59 Å². The summed E-state index contributed by atoms with van der Waals surface area (Å²) in [4.78, 5) is 24.1. The van der Waals surface area contributed by atoms with Crippen LogP contribution < -0.4 is 10.9 Å². The van der Waals surface area contributed by atoms with Gasteiger partial charge < -0.3 is 0 Å². The van der Waals surface area contributed by atoms with Crippen molar-refractivity contribution in [3.8, 4) is 11.3 Å². The Labute approximate surface area is 144 Å². The second-order valence-corrected chi connectivity index (χ2v) is 5.61. The first-order valence-corrected chi connectivity index (χ1v) is 7.69. The summed E-state index contributed by atoms with van der Waals surface area (Å²) in [5.41, 5.74) is 8.72. The highest BCUT2D eigenvalue weighted by Gasteiger charge is 2.17. The van der Waals surface area contributed by atoms with E-state index < -0.39 is 11.8 Å². The topological polar surface area (TPSA) is 105 Å². The minimum Gasteiger partial charge on any atom is -0.272 e. The molecule has 0 aliphatic heterocycles. The highest BCUT2D eigenvalue weighted by molar-refractivity contribution is 5.98. The molecule has 0 saturated carbocycles. The zero-order chi connectivity index (χ0) is 18.0. The predicted molar refractivity (Wildman–Crippen MR) is 91.6 cm³/mol. The summed E-state index contributed by atoms with van der Waals surface area (Å²) >= 11 is 0. The fourth-order valence-electron chi connectivity index (χ4n) is 2.55. The first-order valence-electron chi connectivity index (χ1n) is 7.69. The van der Waals surface area contributed by atoms with Crippen LogP contribution >= 0.6 is 0 Å². The van der Waals surface area contributed by atoms with Crippen LogP contribution in [0.3, 0.4) is 0 Å². The molecule has 128 valence electrons. The van der Waals surface area contributed by atoms with E-state index in [1.807, 2.05) is 27.0 Å². The van der Waals surface area contributed by atoms with Crippen LogP contribution in [0.5, 0.6) is 0 Å². The Hall–Kier alpha value is -3.42. The van der Waals surface area contributed by atoms with Gasteiger partial charge in [-0.1, -0.05) is 18.2 Å². The third-order valence-corrected chi connectivity index (χ3v) is 3.91. The number of aromatic amines is 1. The SMILES string of the molecule is Cc1nn(C)c(C)c1-c1cc(C(=O)NNC(=O)c2ccccc2)[nH]n1. The molecule has 0 saturated heterocycles. The molecule has 3 N–H and O–H groups in total. The molecule has 0 bridgehead atoms. The van der Waals surface area contributed by atoms with Gasteiger partial charge in [-0.05, 0) is 32.0 Å². The molecule has 3 aromatic rings. The van der Waals surface area contributed by atoms with Gasteiger partial charge in [0.2, 0.25) is 0 Å². The summed E-state index contributed by atoms with van der Waals surface area (Å²) in [6, 6.07) is 10.2. The van der Waals surface area contributed by atoms with Gasteiger partial charge in [-0.15, -0.1) is 0 Å². The Balaban J connectivity index is 1.70. The molecule has 1 aromatic carbocycles. The number of rotatable bonds is 3. The van der Waals surface area contributed by atoms with E-state index in [2.05, 4.69) is 26.1 Å². The Morgan fingerprint density at radius 3 is 2.40 bits per heavy atom. The number of hydrogen-bond acceptors (Lipinski definition) is 4. The minimum atomic E-state index is -0.484. The molecule has 8 heteroatoms. The Morgan fingerprint density at radius 2 is 1.76 bits per heavy atom. The van der Waals surface area contributed by atoms with Crippen molar-refractivity contribution in [1.82, 2.24) is 30.8 Å². The maximum absolute atomic E-state index is 12.2. The van der Waals surface area contributed by atoms with E-state index in [1.165, 1.54) is 0 Å². The van der Waals surface area contributed by atoms with Crippen molar-refractivity contribution >= 4 is 11.8 Å². The maximum Gasteiger partial charge on any atom is 0.287 e. The van der Waals surface area contributed by atoms with Gasteiger partial charge in [0.1, 0.15) is 5.69 Å². The number of carbonyl (C=O) groups excluding carboxylic acids is 2. The quantitative estimate of drug-likeness (QED) is 0.629. The Morgan fingerprint density at radius 1 is 1.08 bits per heavy atom. The van der Waals surface area contributed by atoms with Crippen molar-refractivity contribution in [2.75, 3.05) is 0 Å². The van der Waals surface area contributed by atoms with Crippen LogP contribution in [-0.2, 0) is 7.05 Å². The lowest BCUT2D eigenvalue weighted by molar-refractivity contribution is 0.0844. The number of carbonyl (C=O) groups is 2. The summed E-state index contributed by atoms with van der Waals surface area (Å²) in [5.74, 6) is -0.880. The maximum atomic E-state index is 12.2. The summed E-state index contributed by atoms with van der Waals surface area (Å²) in [6.45, 7) is 3.82. The molecule has 0 aliphatic carbocycles. The molecule has 0 spiro atoms. The molecule has 0 aliphatic rings. The van der Waals surface area contributed by atoms with E-state index in [0.717, 1.165) is 17.0 Å². The predicted octanol–water partition coefficient (Wildman–Crippen LogP) is 1.50. The Kier molecular flexibility index (Phi) is 4.34. The van der Waals surface area contributed by atoms with E-state index >= 15 is 0 Å². The van der Waals surface area contributed by atoms with Crippen LogP contribution in [0.15, 0.2) is 36.4 Å². The van der Waals surface area contributed by atoms with Crippen LogP contribution in [0.25, 0.3) is 11.3 Å². The number of amides is 2. The molecular weight excluding hydrogens is 320 g/mol. The molecule has 2 amide bonds. The molecule has 0 radical (unpaired) electrons. The van der Waals surface area contributed by atoms with Crippen LogP contribution in [0.1, 0.15) is 32.2 Å². The van der Waals surface area contributed by atoms with Crippen LogP contribution in [-0.4, -0.2) is 31.8 Å². The second kappa shape index (κ2) is 6.60. The van der Waals surface area contributed by atoms with E-state index in [0.29, 0.717) is 11.3 Å². The normalized spacial score (nSPS) is 10.5. The number of nitrogens with zero attached hydrogens (tertiary/aromatic N) is 3.